The lowest BCUT2D eigenvalue weighted by Crippen LogP contribution is -2.63. The van der Waals surface area contributed by atoms with Crippen LogP contribution in [0.15, 0.2) is 109 Å². The smallest absolute Gasteiger partial charge is 0.408 e. The van der Waals surface area contributed by atoms with Gasteiger partial charge in [0, 0.05) is 54.3 Å². The highest BCUT2D eigenvalue weighted by molar-refractivity contribution is 8.00. The fourth-order valence-corrected chi connectivity index (χ4v) is 12.4. The summed E-state index contributed by atoms with van der Waals surface area (Å²) in [5.74, 6) is -3.18. The maximum atomic E-state index is 15.5. The molecule has 3 amide bonds. The molecule has 5 aromatic rings. The van der Waals surface area contributed by atoms with Crippen molar-refractivity contribution in [2.24, 2.45) is 5.41 Å². The van der Waals surface area contributed by atoms with E-state index in [1.54, 1.807) is 37.9 Å². The van der Waals surface area contributed by atoms with Crippen molar-refractivity contribution in [3.8, 4) is 22.3 Å². The lowest BCUT2D eigenvalue weighted by Gasteiger charge is -2.42. The Morgan fingerprint density at radius 2 is 1.44 bits per heavy atom. The topological polar surface area (TPSA) is 139 Å². The van der Waals surface area contributed by atoms with Crippen LogP contribution in [0.1, 0.15) is 89.2 Å². The minimum absolute atomic E-state index is 0.0699. The predicted octanol–water partition coefficient (Wildman–Crippen LogP) is 12.1. The molecule has 3 atom stereocenters. The number of halogens is 2. The lowest BCUT2D eigenvalue weighted by atomic mass is 9.83. The number of nitrogens with zero attached hydrogens (tertiary/aromatic N) is 2. The van der Waals surface area contributed by atoms with Gasteiger partial charge < -0.3 is 34.7 Å². The molecule has 374 valence electrons. The van der Waals surface area contributed by atoms with Crippen molar-refractivity contribution < 1.29 is 42.5 Å². The summed E-state index contributed by atoms with van der Waals surface area (Å²) in [5, 5.41) is 16.5. The van der Waals surface area contributed by atoms with Crippen molar-refractivity contribution in [3.63, 3.8) is 0 Å². The highest BCUT2D eigenvalue weighted by Gasteiger charge is 2.51. The summed E-state index contributed by atoms with van der Waals surface area (Å²) < 4.78 is 43.6. The normalized spacial score (nSPS) is 14.4. The molecule has 1 aliphatic carbocycles. The molecule has 0 aliphatic heterocycles. The van der Waals surface area contributed by atoms with Crippen molar-refractivity contribution in [3.05, 3.63) is 143 Å². The van der Waals surface area contributed by atoms with E-state index in [1.165, 1.54) is 0 Å². The number of nitrogens with one attached hydrogen (secondary N) is 2. The second kappa shape index (κ2) is 22.0. The zero-order valence-electron chi connectivity index (χ0n) is 42.0. The average molecular weight is 995 g/mol. The number of ether oxygens (including phenoxy) is 2. The molecule has 0 saturated carbocycles. The maximum Gasteiger partial charge on any atom is 0.408 e. The van der Waals surface area contributed by atoms with Gasteiger partial charge in [0.05, 0.1) is 19.9 Å². The van der Waals surface area contributed by atoms with Gasteiger partial charge in [0.15, 0.2) is 0 Å². The second-order valence-corrected chi connectivity index (χ2v) is 27.9. The summed E-state index contributed by atoms with van der Waals surface area (Å²) in [6.45, 7) is 19.8. The van der Waals surface area contributed by atoms with Crippen LogP contribution in [0, 0.1) is 17.0 Å². The van der Waals surface area contributed by atoms with Gasteiger partial charge in [-0.25, -0.2) is 23.2 Å². The summed E-state index contributed by atoms with van der Waals surface area (Å²) in [6.07, 6.45) is 0.621. The molecule has 0 fully saturated rings. The number of aromatic nitrogens is 1. The van der Waals surface area contributed by atoms with Crippen LogP contribution >= 0.6 is 11.8 Å². The molecule has 4 aromatic carbocycles. The van der Waals surface area contributed by atoms with Gasteiger partial charge in [0.25, 0.3) is 0 Å². The molecule has 15 heteroatoms. The number of carboxylic acids is 1. The van der Waals surface area contributed by atoms with E-state index in [9.17, 15) is 23.9 Å². The monoisotopic (exact) mass is 994 g/mol. The third-order valence-electron chi connectivity index (χ3n) is 13.0. The van der Waals surface area contributed by atoms with Crippen LogP contribution in [0.4, 0.5) is 18.4 Å². The van der Waals surface area contributed by atoms with Crippen LogP contribution in [0.2, 0.25) is 25.2 Å². The molecule has 1 heterocycles. The van der Waals surface area contributed by atoms with E-state index >= 15 is 9.18 Å². The van der Waals surface area contributed by atoms with E-state index in [1.807, 2.05) is 107 Å². The number of aliphatic carboxylic acids is 1. The van der Waals surface area contributed by atoms with Crippen LogP contribution in [-0.4, -0.2) is 89.1 Å². The van der Waals surface area contributed by atoms with Gasteiger partial charge in [-0.05, 0) is 90.2 Å². The largest absolute Gasteiger partial charge is 0.479 e. The number of amides is 3. The van der Waals surface area contributed by atoms with Crippen molar-refractivity contribution in [1.29, 1.82) is 0 Å². The first-order chi connectivity index (χ1) is 32.9. The Morgan fingerprint density at radius 3 is 2.03 bits per heavy atom. The number of benzene rings is 4. The van der Waals surface area contributed by atoms with Crippen molar-refractivity contribution >= 4 is 43.9 Å². The number of hydrogen-bond donors (Lipinski definition) is 3. The van der Waals surface area contributed by atoms with Gasteiger partial charge in [-0.1, -0.05) is 126 Å². The van der Waals surface area contributed by atoms with E-state index in [0.717, 1.165) is 57.8 Å². The van der Waals surface area contributed by atoms with E-state index < -0.39 is 66.0 Å². The first-order valence-electron chi connectivity index (χ1n) is 23.8. The highest BCUT2D eigenvalue weighted by Crippen LogP contribution is 2.45. The van der Waals surface area contributed by atoms with Gasteiger partial charge in [-0.3, -0.25) is 4.79 Å². The molecule has 11 nitrogen and oxygen atoms in total. The number of thioether (sulfide) groups is 1. The first-order valence-corrected chi connectivity index (χ1v) is 28.5. The number of carboxylic acid groups (broad SMARTS) is 1. The van der Waals surface area contributed by atoms with E-state index in [2.05, 4.69) is 34.9 Å². The van der Waals surface area contributed by atoms with Gasteiger partial charge in [-0.15, -0.1) is 11.8 Å². The first kappa shape index (κ1) is 53.4. The number of carbonyl (C=O) groups is 4. The Hall–Kier alpha value is -5.93. The van der Waals surface area contributed by atoms with Crippen molar-refractivity contribution in [2.75, 3.05) is 31.2 Å². The zero-order valence-corrected chi connectivity index (χ0v) is 43.8. The zero-order chi connectivity index (χ0) is 51.2. The Morgan fingerprint density at radius 1 is 0.829 bits per heavy atom. The standard InChI is InChI=1S/C55H68F2N4O7SSi/c1-36(70(8,9)10)55(50(63)64,59-52(66)68-54(5,6)7)35-69-34-48(62)61(28-18-27-58-51(65)67-33-45-42-23-16-14-21-40(42)41-22-15-17-24-43(41)45)49(53(2,3)4)47-29-38(44-30-39(56)25-26-46(44)57)32-60(47)31-37-19-12-11-13-20-37/h11-17,19-26,29-30,32,36,45,49H,18,27-28,31,33-35H2,1-10H3,(H,58,65)(H,59,66)(H,63,64)/t36?,49-,55+/m0/s1. The van der Waals surface area contributed by atoms with Gasteiger partial charge in [0.2, 0.25) is 5.91 Å². The molecule has 0 spiro atoms. The number of hydrogen-bond acceptors (Lipinski definition) is 7. The number of carbonyl (C=O) groups excluding carboxylic acids is 3. The van der Waals surface area contributed by atoms with Crippen LogP contribution in [0.25, 0.3) is 22.3 Å². The minimum atomic E-state index is -2.28. The molecule has 0 radical (unpaired) electrons. The Labute approximate surface area is 416 Å². The fourth-order valence-electron chi connectivity index (χ4n) is 9.28. The number of alkyl carbamates (subject to hydrolysis) is 2. The highest BCUT2D eigenvalue weighted by atomic mass is 32.2. The van der Waals surface area contributed by atoms with E-state index in [-0.39, 0.29) is 48.6 Å². The van der Waals surface area contributed by atoms with Crippen LogP contribution in [-0.2, 0) is 25.6 Å². The third kappa shape index (κ3) is 12.9. The Kier molecular flexibility index (Phi) is 16.8. The minimum Gasteiger partial charge on any atom is -0.479 e. The van der Waals surface area contributed by atoms with Crippen molar-refractivity contribution in [2.45, 2.75) is 110 Å². The van der Waals surface area contributed by atoms with Crippen LogP contribution in [0.3, 0.4) is 0 Å². The Balaban J connectivity index is 1.30. The summed E-state index contributed by atoms with van der Waals surface area (Å²) in [6, 6.07) is 30.3. The Bertz CT molecular complexity index is 2610. The summed E-state index contributed by atoms with van der Waals surface area (Å²) in [4.78, 5) is 56.9. The summed E-state index contributed by atoms with van der Waals surface area (Å²) in [7, 11) is -2.28. The quantitative estimate of drug-likeness (QED) is 0.0549. The molecule has 3 N–H and O–H groups in total. The van der Waals surface area contributed by atoms with Gasteiger partial charge >= 0.3 is 18.2 Å². The molecular formula is C55H68F2N4O7SSi. The molecular weight excluding hydrogens is 927 g/mol. The fraction of sp³-hybridized carbons (Fsp3) is 0.418. The molecule has 6 rings (SSSR count). The second-order valence-electron chi connectivity index (χ2n) is 21.3. The van der Waals surface area contributed by atoms with E-state index in [4.69, 9.17) is 9.47 Å². The molecule has 70 heavy (non-hydrogen) atoms. The average Bonchev–Trinajstić information content (AvgIpc) is 3.83. The molecule has 1 aromatic heterocycles. The predicted molar refractivity (Wildman–Crippen MR) is 277 cm³/mol. The van der Waals surface area contributed by atoms with Crippen molar-refractivity contribution in [1.82, 2.24) is 20.1 Å². The summed E-state index contributed by atoms with van der Waals surface area (Å²) >= 11 is 1.11. The summed E-state index contributed by atoms with van der Waals surface area (Å²) in [5.41, 5.74) is 2.70. The maximum absolute atomic E-state index is 15.5. The molecule has 0 bridgehead atoms. The molecule has 1 aliphatic rings. The van der Waals surface area contributed by atoms with E-state index in [0.29, 0.717) is 24.2 Å². The molecule has 0 saturated heterocycles. The number of fused-ring (bicyclic) bond motifs is 3. The third-order valence-corrected chi connectivity index (χ3v) is 17.2. The molecule has 1 unspecified atom stereocenters. The van der Waals surface area contributed by atoms with Crippen LogP contribution < -0.4 is 10.6 Å². The lowest BCUT2D eigenvalue weighted by molar-refractivity contribution is -0.144. The van der Waals surface area contributed by atoms with Gasteiger partial charge in [0.1, 0.15) is 29.4 Å². The number of rotatable bonds is 19. The van der Waals surface area contributed by atoms with Crippen LogP contribution in [0.5, 0.6) is 0 Å². The van der Waals surface area contributed by atoms with Gasteiger partial charge in [-0.2, -0.15) is 0 Å². The SMILES string of the molecule is CC([C@@](CSCC(=O)N(CCCNC(=O)OCC1c2ccccc2-c2ccccc21)[C@@H](c1cc(-c2cc(F)ccc2F)cn1Cc1ccccc1)C(C)(C)C)(NC(=O)OC(C)(C)C)C(=O)O)[Si](C)(C)C.